The molecule has 3 fully saturated rings. The molecule has 4 heterocycles. The summed E-state index contributed by atoms with van der Waals surface area (Å²) in [6, 6.07) is 29.2. The number of phenolic OH excluding ortho intramolecular Hbond substituents is 1. The summed E-state index contributed by atoms with van der Waals surface area (Å²) in [5.41, 5.74) is 0.564. The number of fused-ring (bicyclic) bond motifs is 4. The van der Waals surface area contributed by atoms with E-state index in [0.717, 1.165) is 62.7 Å². The first-order chi connectivity index (χ1) is 30.1. The Balaban J connectivity index is 0.892. The van der Waals surface area contributed by atoms with E-state index < -0.39 is 19.9 Å². The molecule has 0 spiro atoms. The first-order valence-electron chi connectivity index (χ1n) is 22.2. The number of hydrogen-bond donors (Lipinski definition) is 5. The zero-order valence-corrected chi connectivity index (χ0v) is 38.1. The molecule has 2 bridgehead atoms. The monoisotopic (exact) mass is 874 g/mol. The Hall–Kier alpha value is -5.31. The Bertz CT molecular complexity index is 2410. The van der Waals surface area contributed by atoms with Crippen LogP contribution in [0.4, 0.5) is 5.69 Å². The number of H-pyrrole nitrogens is 1. The zero-order valence-electron chi connectivity index (χ0n) is 37.1. The summed E-state index contributed by atoms with van der Waals surface area (Å²) in [7, 11) is -2.18. The summed E-state index contributed by atoms with van der Waals surface area (Å²) in [6.07, 6.45) is 4.13. The van der Waals surface area contributed by atoms with Crippen LogP contribution in [0.5, 0.6) is 11.5 Å². The van der Waals surface area contributed by atoms with Crippen molar-refractivity contribution in [3.8, 4) is 11.5 Å². The first-order valence-corrected chi connectivity index (χ1v) is 25.1. The number of aromatic amines is 1. The van der Waals surface area contributed by atoms with Crippen LogP contribution in [0.1, 0.15) is 86.0 Å². The predicted octanol–water partition coefficient (Wildman–Crippen LogP) is 8.26. The molecule has 3 aliphatic heterocycles. The number of carbonyl (C=O) groups excluding carboxylic acids is 2. The molecule has 334 valence electrons. The van der Waals surface area contributed by atoms with Gasteiger partial charge < -0.3 is 39.7 Å². The SMILES string of the molecule is CC(C)(C)[Si](C)(C)O[C@@H](CNCCCCCOc1ccc(C(=O)Nc2cccc([C@@](O)(C(=O)OC3CN4CCC3CC4)c3ccccc3)c2)cc1)c1ccc(O)c2[nH]c(=O)ccc12. The van der Waals surface area contributed by atoms with Crippen LogP contribution in [-0.4, -0.2) is 85.7 Å². The number of anilines is 1. The smallest absolute Gasteiger partial charge is 0.348 e. The molecule has 3 atom stereocenters. The third-order valence-electron chi connectivity index (χ3n) is 13.1. The largest absolute Gasteiger partial charge is 0.506 e. The standard InChI is InChI=1S/C50H62N4O8Si/c1-49(2,3)63(4,5)62-43(40-21-23-42(55)46-41(40)22-24-45(56)53-46)32-51-27-10-7-11-30-60-39-19-17-35(18-20-39)47(57)52-38-16-12-15-37(31-38)50(59,36-13-8-6-9-14-36)48(58)61-44-33-54-28-25-34(44)26-29-54/h6,8-9,12-24,31,34,43-44,51,55,59H,7,10-11,25-30,32-33H2,1-5H3,(H,52,57)(H,53,56)/t43-,44?,50+/m0/s1. The van der Waals surface area contributed by atoms with Gasteiger partial charge in [-0.25, -0.2) is 4.79 Å². The number of nitrogens with zero attached hydrogens (tertiary/aromatic N) is 1. The summed E-state index contributed by atoms with van der Waals surface area (Å²) in [6.45, 7) is 15.6. The van der Waals surface area contributed by atoms with Gasteiger partial charge in [-0.15, -0.1) is 0 Å². The average Bonchev–Trinajstić information content (AvgIpc) is 3.27. The summed E-state index contributed by atoms with van der Waals surface area (Å²) in [5, 5.41) is 30.0. The summed E-state index contributed by atoms with van der Waals surface area (Å²) >= 11 is 0. The van der Waals surface area contributed by atoms with Gasteiger partial charge in [0.1, 0.15) is 17.6 Å². The number of amides is 1. The van der Waals surface area contributed by atoms with E-state index in [1.165, 1.54) is 6.07 Å². The van der Waals surface area contributed by atoms with E-state index in [-0.39, 0.29) is 40.4 Å². The number of benzene rings is 4. The molecule has 12 nitrogen and oxygen atoms in total. The Morgan fingerprint density at radius 3 is 2.32 bits per heavy atom. The number of ether oxygens (including phenoxy) is 2. The van der Waals surface area contributed by atoms with Gasteiger partial charge in [0, 0.05) is 41.4 Å². The number of aromatic hydroxyl groups is 1. The number of piperidine rings is 3. The molecule has 3 saturated heterocycles. The van der Waals surface area contributed by atoms with Crippen LogP contribution in [0, 0.1) is 5.92 Å². The normalized spacial score (nSPS) is 19.0. The summed E-state index contributed by atoms with van der Waals surface area (Å²) < 4.78 is 19.0. The van der Waals surface area contributed by atoms with E-state index >= 15 is 0 Å². The number of aromatic nitrogens is 1. The van der Waals surface area contributed by atoms with Crippen molar-refractivity contribution < 1.29 is 33.7 Å². The van der Waals surface area contributed by atoms with Crippen LogP contribution in [0.2, 0.25) is 18.1 Å². The molecule has 0 saturated carbocycles. The van der Waals surface area contributed by atoms with E-state index in [9.17, 15) is 24.6 Å². The number of carbonyl (C=O) groups is 2. The Morgan fingerprint density at radius 1 is 0.889 bits per heavy atom. The van der Waals surface area contributed by atoms with Crippen LogP contribution in [0.3, 0.4) is 0 Å². The van der Waals surface area contributed by atoms with Crippen molar-refractivity contribution in [3.05, 3.63) is 136 Å². The maximum Gasteiger partial charge on any atom is 0.348 e. The second-order valence-corrected chi connectivity index (χ2v) is 23.2. The number of rotatable bonds is 18. The quantitative estimate of drug-likeness (QED) is 0.0329. The topological polar surface area (TPSA) is 162 Å². The van der Waals surface area contributed by atoms with Crippen molar-refractivity contribution in [2.45, 2.75) is 88.8 Å². The van der Waals surface area contributed by atoms with Crippen molar-refractivity contribution in [1.29, 1.82) is 0 Å². The molecule has 5 aromatic rings. The average molecular weight is 875 g/mol. The summed E-state index contributed by atoms with van der Waals surface area (Å²) in [5.74, 6) is -0.0854. The minimum atomic E-state index is -2.18. The van der Waals surface area contributed by atoms with Crippen molar-refractivity contribution in [3.63, 3.8) is 0 Å². The van der Waals surface area contributed by atoms with Crippen molar-refractivity contribution in [2.24, 2.45) is 5.92 Å². The molecular formula is C50H62N4O8Si. The maximum absolute atomic E-state index is 13.9. The lowest BCUT2D eigenvalue weighted by Crippen LogP contribution is -2.53. The Kier molecular flexibility index (Phi) is 14.2. The molecule has 3 aliphatic rings. The van der Waals surface area contributed by atoms with Gasteiger partial charge in [-0.3, -0.25) is 14.5 Å². The highest BCUT2D eigenvalue weighted by molar-refractivity contribution is 6.74. The highest BCUT2D eigenvalue weighted by Gasteiger charge is 2.46. The highest BCUT2D eigenvalue weighted by atomic mass is 28.4. The highest BCUT2D eigenvalue weighted by Crippen LogP contribution is 2.41. The minimum Gasteiger partial charge on any atom is -0.506 e. The number of pyridine rings is 1. The Morgan fingerprint density at radius 2 is 1.62 bits per heavy atom. The minimum absolute atomic E-state index is 0.00382. The van der Waals surface area contributed by atoms with E-state index in [2.05, 4.69) is 54.4 Å². The molecule has 1 amide bonds. The second-order valence-electron chi connectivity index (χ2n) is 18.5. The number of hydrogen-bond acceptors (Lipinski definition) is 10. The zero-order chi connectivity index (χ0) is 44.8. The van der Waals surface area contributed by atoms with Crippen molar-refractivity contribution in [1.82, 2.24) is 15.2 Å². The molecule has 5 N–H and O–H groups in total. The predicted molar refractivity (Wildman–Crippen MR) is 249 cm³/mol. The number of esters is 1. The van der Waals surface area contributed by atoms with Gasteiger partial charge in [0.25, 0.3) is 5.91 Å². The van der Waals surface area contributed by atoms with E-state index in [1.807, 2.05) is 12.1 Å². The van der Waals surface area contributed by atoms with Gasteiger partial charge in [0.2, 0.25) is 11.2 Å². The molecule has 8 rings (SSSR count). The lowest BCUT2D eigenvalue weighted by atomic mass is 9.84. The molecule has 4 aromatic carbocycles. The number of unbranched alkanes of at least 4 members (excludes halogenated alkanes) is 2. The van der Waals surface area contributed by atoms with Gasteiger partial charge in [-0.1, -0.05) is 69.3 Å². The lowest BCUT2D eigenvalue weighted by molar-refractivity contribution is -0.177. The second kappa shape index (κ2) is 19.6. The fraction of sp³-hybridized carbons (Fsp3) is 0.420. The Labute approximate surface area is 371 Å². The summed E-state index contributed by atoms with van der Waals surface area (Å²) in [4.78, 5) is 44.4. The van der Waals surface area contributed by atoms with Gasteiger partial charge in [-0.05, 0) is 135 Å². The van der Waals surface area contributed by atoms with Crippen molar-refractivity contribution >= 4 is 36.8 Å². The third kappa shape index (κ3) is 10.7. The number of phenols is 1. The first kappa shape index (κ1) is 45.7. The van der Waals surface area contributed by atoms with E-state index in [0.29, 0.717) is 53.3 Å². The molecule has 0 aliphatic carbocycles. The molecule has 1 unspecified atom stereocenters. The van der Waals surface area contributed by atoms with Gasteiger partial charge in [0.15, 0.2) is 8.32 Å². The fourth-order valence-corrected chi connectivity index (χ4v) is 9.59. The van der Waals surface area contributed by atoms with Crippen molar-refractivity contribution in [2.75, 3.05) is 44.6 Å². The van der Waals surface area contributed by atoms with Gasteiger partial charge in [0.05, 0.1) is 18.2 Å². The van der Waals surface area contributed by atoms with Gasteiger partial charge in [-0.2, -0.15) is 0 Å². The van der Waals surface area contributed by atoms with Crippen LogP contribution in [0.15, 0.2) is 108 Å². The van der Waals surface area contributed by atoms with Crippen LogP contribution < -0.4 is 20.9 Å². The number of nitrogens with one attached hydrogen (secondary N) is 3. The number of aliphatic hydroxyl groups is 1. The van der Waals surface area contributed by atoms with Gasteiger partial charge >= 0.3 is 5.97 Å². The van der Waals surface area contributed by atoms with Crippen LogP contribution in [-0.2, 0) is 19.6 Å². The molecule has 63 heavy (non-hydrogen) atoms. The fourth-order valence-electron chi connectivity index (χ4n) is 8.32. The molecular weight excluding hydrogens is 813 g/mol. The molecule has 13 heteroatoms. The van der Waals surface area contributed by atoms with E-state index in [4.69, 9.17) is 13.9 Å². The maximum atomic E-state index is 13.9. The third-order valence-corrected chi connectivity index (χ3v) is 17.6. The lowest BCUT2D eigenvalue weighted by Gasteiger charge is -2.44. The van der Waals surface area contributed by atoms with Crippen LogP contribution in [0.25, 0.3) is 10.9 Å². The molecule has 0 radical (unpaired) electrons. The molecule has 1 aromatic heterocycles. The van der Waals surface area contributed by atoms with E-state index in [1.54, 1.807) is 84.9 Å². The van der Waals surface area contributed by atoms with Crippen LogP contribution >= 0.6 is 0 Å².